The van der Waals surface area contributed by atoms with Crippen LogP contribution in [0, 0.1) is 0 Å². The normalized spacial score (nSPS) is 9.67. The zero-order valence-electron chi connectivity index (χ0n) is 9.16. The van der Waals surface area contributed by atoms with Crippen LogP contribution in [-0.4, -0.2) is 29.2 Å². The van der Waals surface area contributed by atoms with Crippen molar-refractivity contribution in [1.82, 2.24) is 0 Å². The lowest BCUT2D eigenvalue weighted by Gasteiger charge is -2.09. The minimum absolute atomic E-state index is 0.296. The van der Waals surface area contributed by atoms with Crippen LogP contribution in [0.5, 0.6) is 5.75 Å². The molecule has 0 saturated carbocycles. The molecule has 0 amide bonds. The highest BCUT2D eigenvalue weighted by Gasteiger charge is 2.11. The Hall–Kier alpha value is -0.978. The van der Waals surface area contributed by atoms with Crippen LogP contribution >= 0.6 is 0 Å². The second-order valence-electron chi connectivity index (χ2n) is 3.19. The molecular weight excluding hydrogens is 207 g/mol. The van der Waals surface area contributed by atoms with Gasteiger partial charge in [-0.15, -0.1) is 0 Å². The summed E-state index contributed by atoms with van der Waals surface area (Å²) in [6, 6.07) is 7.15. The third kappa shape index (κ3) is 3.58. The number of carbonyl (C=O) groups is 1. The number of para-hydroxylation sites is 1. The van der Waals surface area contributed by atoms with Crippen molar-refractivity contribution in [3.05, 3.63) is 29.8 Å². The van der Waals surface area contributed by atoms with E-state index >= 15 is 0 Å². The lowest BCUT2D eigenvalue weighted by molar-refractivity contribution is 0.0498. The van der Waals surface area contributed by atoms with Crippen LogP contribution in [-0.2, 0) is 4.74 Å². The number of unbranched alkanes of at least 4 members (excludes halogenated alkanes) is 1. The maximum atomic E-state index is 11.6. The first-order chi connectivity index (χ1) is 7.29. The van der Waals surface area contributed by atoms with Crippen molar-refractivity contribution in [2.24, 2.45) is 0 Å². The van der Waals surface area contributed by atoms with Crippen molar-refractivity contribution in [1.29, 1.82) is 0 Å². The lowest BCUT2D eigenvalue weighted by Crippen LogP contribution is -2.08. The van der Waals surface area contributed by atoms with Crippen LogP contribution in [0.2, 0.25) is 0 Å². The summed E-state index contributed by atoms with van der Waals surface area (Å²) in [6.45, 7) is 2.54. The Morgan fingerprint density at radius 1 is 1.40 bits per heavy atom. The number of benzene rings is 1. The molecule has 0 N–H and O–H groups in total. The van der Waals surface area contributed by atoms with Crippen LogP contribution in [0.15, 0.2) is 24.3 Å². The molecule has 0 spiro atoms. The van der Waals surface area contributed by atoms with Crippen molar-refractivity contribution >= 4 is 22.6 Å². The van der Waals surface area contributed by atoms with E-state index in [1.807, 2.05) is 6.07 Å². The molecule has 0 aliphatic rings. The van der Waals surface area contributed by atoms with Gasteiger partial charge in [-0.3, -0.25) is 0 Å². The Balaban J connectivity index is 2.64. The predicted octanol–water partition coefficient (Wildman–Crippen LogP) is 1.57. The molecule has 4 heteroatoms. The second-order valence-corrected chi connectivity index (χ2v) is 3.60. The Bertz CT molecular complexity index is 325. The Morgan fingerprint density at radius 2 is 2.13 bits per heavy atom. The van der Waals surface area contributed by atoms with Gasteiger partial charge < -0.3 is 8.53 Å². The second kappa shape index (κ2) is 6.50. The minimum atomic E-state index is -0.296. The minimum Gasteiger partial charge on any atom is -0.647 e. The van der Waals surface area contributed by atoms with E-state index in [0.717, 1.165) is 12.8 Å². The van der Waals surface area contributed by atoms with Crippen molar-refractivity contribution in [3.63, 3.8) is 0 Å². The maximum absolute atomic E-state index is 11.6. The number of hydrogen-bond acceptors (Lipinski definition) is 3. The molecule has 0 radical (unpaired) electrons. The average molecular weight is 222 g/mol. The van der Waals surface area contributed by atoms with E-state index in [2.05, 4.69) is 6.92 Å². The molecule has 0 aliphatic carbocycles. The largest absolute Gasteiger partial charge is 0.647 e. The van der Waals surface area contributed by atoms with Crippen LogP contribution in [0.3, 0.4) is 0 Å². The zero-order chi connectivity index (χ0) is 11.1. The summed E-state index contributed by atoms with van der Waals surface area (Å²) in [5, 5.41) is 0. The van der Waals surface area contributed by atoms with E-state index < -0.39 is 0 Å². The summed E-state index contributed by atoms with van der Waals surface area (Å²) in [6.07, 6.45) is 1.92. The van der Waals surface area contributed by atoms with Crippen molar-refractivity contribution < 1.29 is 13.3 Å². The highest BCUT2D eigenvalue weighted by Crippen LogP contribution is 2.17. The summed E-state index contributed by atoms with van der Waals surface area (Å²) in [5.41, 5.74) is 0.517. The van der Waals surface area contributed by atoms with Gasteiger partial charge in [0.1, 0.15) is 0 Å². The van der Waals surface area contributed by atoms with E-state index in [1.165, 1.54) is 0 Å². The smallest absolute Gasteiger partial charge is 0.496 e. The number of ether oxygens (including phenoxy) is 1. The third-order valence-corrected chi connectivity index (χ3v) is 2.50. The van der Waals surface area contributed by atoms with Gasteiger partial charge >= 0.3 is 22.6 Å². The SMILES string of the molecule is CCCCOC(=O)c1ccccc1[O][AlH2]. The summed E-state index contributed by atoms with van der Waals surface area (Å²) in [5.74, 6) is 0.320. The van der Waals surface area contributed by atoms with E-state index in [9.17, 15) is 4.79 Å². The molecule has 80 valence electrons. The van der Waals surface area contributed by atoms with Gasteiger partial charge in [-0.25, -0.2) is 4.79 Å². The number of carbonyl (C=O) groups excluding carboxylic acids is 1. The van der Waals surface area contributed by atoms with Gasteiger partial charge in [0.2, 0.25) is 0 Å². The van der Waals surface area contributed by atoms with Gasteiger partial charge in [-0.05, 0) is 18.6 Å². The van der Waals surface area contributed by atoms with Crippen LogP contribution in [0.4, 0.5) is 0 Å². The molecule has 0 saturated heterocycles. The first-order valence-corrected chi connectivity index (χ1v) is 5.91. The Labute approximate surface area is 98.1 Å². The molecule has 1 aromatic rings. The third-order valence-electron chi connectivity index (χ3n) is 2.06. The fourth-order valence-corrected chi connectivity index (χ4v) is 1.56. The van der Waals surface area contributed by atoms with Gasteiger partial charge in [0.25, 0.3) is 0 Å². The fourth-order valence-electron chi connectivity index (χ4n) is 1.20. The molecule has 0 aliphatic heterocycles. The fraction of sp³-hybridized carbons (Fsp3) is 0.364. The van der Waals surface area contributed by atoms with Crippen LogP contribution in [0.25, 0.3) is 0 Å². The molecule has 0 bridgehead atoms. The van der Waals surface area contributed by atoms with Gasteiger partial charge in [0.05, 0.1) is 17.9 Å². The first kappa shape index (κ1) is 12.1. The van der Waals surface area contributed by atoms with E-state index in [0.29, 0.717) is 34.5 Å². The van der Waals surface area contributed by atoms with E-state index in [1.54, 1.807) is 18.2 Å². The lowest BCUT2D eigenvalue weighted by atomic mass is 10.2. The highest BCUT2D eigenvalue weighted by molar-refractivity contribution is 6.02. The topological polar surface area (TPSA) is 35.5 Å². The summed E-state index contributed by atoms with van der Waals surface area (Å²) >= 11 is 0.569. The molecule has 0 heterocycles. The molecule has 0 aromatic heterocycles. The first-order valence-electron chi connectivity index (χ1n) is 5.09. The molecule has 3 nitrogen and oxygen atoms in total. The molecule has 0 atom stereocenters. The van der Waals surface area contributed by atoms with Crippen LogP contribution < -0.4 is 3.79 Å². The van der Waals surface area contributed by atoms with E-state index in [-0.39, 0.29) is 5.97 Å². The summed E-state index contributed by atoms with van der Waals surface area (Å²) in [4.78, 5) is 11.6. The maximum Gasteiger partial charge on any atom is 0.496 e. The molecule has 15 heavy (non-hydrogen) atoms. The Morgan fingerprint density at radius 3 is 2.80 bits per heavy atom. The average Bonchev–Trinajstić information content (AvgIpc) is 2.29. The van der Waals surface area contributed by atoms with Gasteiger partial charge in [0.15, 0.2) is 0 Å². The predicted molar refractivity (Wildman–Crippen MR) is 60.8 cm³/mol. The Kier molecular flexibility index (Phi) is 5.24. The van der Waals surface area contributed by atoms with Crippen LogP contribution in [0.1, 0.15) is 30.1 Å². The molecular formula is C11H15AlO3. The highest BCUT2D eigenvalue weighted by atomic mass is 27.1. The van der Waals surface area contributed by atoms with Crippen molar-refractivity contribution in [2.75, 3.05) is 6.61 Å². The molecule has 0 fully saturated rings. The molecule has 1 rings (SSSR count). The van der Waals surface area contributed by atoms with Crippen molar-refractivity contribution in [3.8, 4) is 5.75 Å². The van der Waals surface area contributed by atoms with Crippen molar-refractivity contribution in [2.45, 2.75) is 19.8 Å². The number of hydrogen-bond donors (Lipinski definition) is 0. The van der Waals surface area contributed by atoms with Gasteiger partial charge in [-0.1, -0.05) is 25.5 Å². The zero-order valence-corrected chi connectivity index (χ0v) is 11.2. The number of rotatable bonds is 5. The van der Waals surface area contributed by atoms with Gasteiger partial charge in [-0.2, -0.15) is 0 Å². The monoisotopic (exact) mass is 222 g/mol. The quantitative estimate of drug-likeness (QED) is 0.431. The number of esters is 1. The standard InChI is InChI=1S/C11H14O3.Al.2H/c1-2-3-8-14-11(13)9-6-4-5-7-10(9)12;;;/h4-7,12H,2-3,8H2,1H3;;;/q;+1;;/p-1. The summed E-state index contributed by atoms with van der Waals surface area (Å²) < 4.78 is 10.3. The van der Waals surface area contributed by atoms with Gasteiger partial charge in [0, 0.05) is 0 Å². The molecule has 0 unspecified atom stereocenters. The van der Waals surface area contributed by atoms with E-state index in [4.69, 9.17) is 8.53 Å². The molecule has 1 aromatic carbocycles. The summed E-state index contributed by atoms with van der Waals surface area (Å²) in [7, 11) is 0.